The molecule has 1 unspecified atom stereocenters. The average molecular weight is 811 g/mol. The Balaban J connectivity index is 0.723. The van der Waals surface area contributed by atoms with Gasteiger partial charge in [0.05, 0.1) is 8.07 Å². The molecule has 58 heavy (non-hydrogen) atoms. The highest BCUT2D eigenvalue weighted by atomic mass is 28.3. The second-order valence-electron chi connectivity index (χ2n) is 22.0. The Labute approximate surface area is 354 Å². The number of rotatable bonds is 12. The van der Waals surface area contributed by atoms with Crippen LogP contribution in [0.1, 0.15) is 253 Å². The molecule has 7 fully saturated rings. The van der Waals surface area contributed by atoms with Gasteiger partial charge < -0.3 is 8.83 Å². The lowest BCUT2D eigenvalue weighted by Crippen LogP contribution is -2.36. The lowest BCUT2D eigenvalue weighted by Gasteiger charge is -2.38. The molecule has 6 nitrogen and oxygen atoms in total. The predicted octanol–water partition coefficient (Wildman–Crippen LogP) is 15.3. The molecule has 7 aliphatic rings. The van der Waals surface area contributed by atoms with E-state index in [2.05, 4.69) is 33.6 Å². The van der Waals surface area contributed by atoms with E-state index < -0.39 is 8.07 Å². The fourth-order valence-corrected chi connectivity index (χ4v) is 18.7. The topological polar surface area (TPSA) is 77.8 Å². The molecule has 7 heteroatoms. The monoisotopic (exact) mass is 811 g/mol. The van der Waals surface area contributed by atoms with Crippen LogP contribution in [-0.2, 0) is 0 Å². The molecule has 0 aliphatic heterocycles. The number of hydrogen-bond acceptors (Lipinski definition) is 6. The van der Waals surface area contributed by atoms with Crippen LogP contribution in [0.4, 0.5) is 0 Å². The summed E-state index contributed by atoms with van der Waals surface area (Å²) in [6.45, 7) is 2.78. The van der Waals surface area contributed by atoms with Gasteiger partial charge in [-0.15, -0.1) is 20.4 Å². The fourth-order valence-electron chi connectivity index (χ4n) is 14.4. The summed E-state index contributed by atoms with van der Waals surface area (Å²) in [6.07, 6.45) is 46.9. The fraction of sp³-hybridized carbons (Fsp3) is 0.882. The van der Waals surface area contributed by atoms with Crippen LogP contribution in [0, 0.1) is 35.5 Å². The molecule has 7 aliphatic carbocycles. The Morgan fingerprint density at radius 2 is 0.793 bits per heavy atom. The molecule has 0 N–H and O–H groups in total. The smallest absolute Gasteiger partial charge is 0.219 e. The first-order chi connectivity index (χ1) is 28.6. The highest BCUT2D eigenvalue weighted by Gasteiger charge is 2.38. The number of nitrogens with zero attached hydrogens (tertiary/aromatic N) is 4. The van der Waals surface area contributed by atoms with E-state index in [0.29, 0.717) is 23.7 Å². The highest BCUT2D eigenvalue weighted by molar-refractivity contribution is 6.84. The SMILES string of the molecule is C[Si](C=CC1CCC(c2nnc(C3CCC(C4CCCCC4)CC3)o2)CC1)(CCC1CCC(c2nnc(C3CCC(C4CCCCC4)CC3)o2)CC1)C1CCCCC1. The van der Waals surface area contributed by atoms with Crippen molar-refractivity contribution >= 4 is 8.07 Å². The molecule has 2 heterocycles. The molecule has 1 atom stereocenters. The van der Waals surface area contributed by atoms with Crippen molar-refractivity contribution in [1.82, 2.24) is 20.4 Å². The van der Waals surface area contributed by atoms with Gasteiger partial charge in [0.25, 0.3) is 0 Å². The molecule has 0 spiro atoms. The Hall–Kier alpha value is -1.76. The average Bonchev–Trinajstić information content (AvgIpc) is 4.01. The summed E-state index contributed by atoms with van der Waals surface area (Å²) in [5.41, 5.74) is 3.87. The lowest BCUT2D eigenvalue weighted by molar-refractivity contribution is 0.177. The highest BCUT2D eigenvalue weighted by Crippen LogP contribution is 2.47. The van der Waals surface area contributed by atoms with Crippen LogP contribution in [-0.4, -0.2) is 28.5 Å². The summed E-state index contributed by atoms with van der Waals surface area (Å²) >= 11 is 0. The minimum Gasteiger partial charge on any atom is -0.425 e. The zero-order valence-electron chi connectivity index (χ0n) is 36.9. The lowest BCUT2D eigenvalue weighted by atomic mass is 9.71. The summed E-state index contributed by atoms with van der Waals surface area (Å²) in [5, 5.41) is 18.7. The van der Waals surface area contributed by atoms with Gasteiger partial charge >= 0.3 is 0 Å². The standard InChI is InChI=1S/C51H82N4O2Si/c1-58(47-15-9-4-10-16-47,35-33-37-17-21-43(22-18-37)48-52-54-50(56-48)45-29-25-41(26-30-45)39-11-5-2-6-12-39)36-34-38-19-23-44(24-20-38)49-53-55-51(57-49)46-31-27-42(28-32-46)40-13-7-3-8-14-40/h33,35,37-47H,2-32,34,36H2,1H3. The minimum atomic E-state index is -1.51. The minimum absolute atomic E-state index is 0.464. The predicted molar refractivity (Wildman–Crippen MR) is 238 cm³/mol. The van der Waals surface area contributed by atoms with E-state index in [1.54, 1.807) is 0 Å². The van der Waals surface area contributed by atoms with Crippen LogP contribution in [0.25, 0.3) is 0 Å². The van der Waals surface area contributed by atoms with Gasteiger partial charge in [0.2, 0.25) is 23.6 Å². The van der Waals surface area contributed by atoms with Crippen LogP contribution in [0.5, 0.6) is 0 Å². The van der Waals surface area contributed by atoms with Gasteiger partial charge in [-0.05, 0) is 144 Å². The third-order valence-electron chi connectivity index (χ3n) is 18.5. The van der Waals surface area contributed by atoms with Gasteiger partial charge in [-0.1, -0.05) is 127 Å². The second-order valence-corrected chi connectivity index (χ2v) is 26.7. The molecule has 0 amide bonds. The van der Waals surface area contributed by atoms with Crippen molar-refractivity contribution in [2.45, 2.75) is 247 Å². The Morgan fingerprint density at radius 3 is 1.22 bits per heavy atom. The molecule has 0 radical (unpaired) electrons. The van der Waals surface area contributed by atoms with Crippen molar-refractivity contribution in [3.63, 3.8) is 0 Å². The summed E-state index contributed by atoms with van der Waals surface area (Å²) < 4.78 is 13.0. The van der Waals surface area contributed by atoms with Crippen molar-refractivity contribution in [1.29, 1.82) is 0 Å². The van der Waals surface area contributed by atoms with Gasteiger partial charge in [0, 0.05) is 23.7 Å². The van der Waals surface area contributed by atoms with Gasteiger partial charge in [-0.2, -0.15) is 0 Å². The maximum absolute atomic E-state index is 6.50. The molecule has 322 valence electrons. The van der Waals surface area contributed by atoms with Crippen LogP contribution in [0.2, 0.25) is 18.1 Å². The molecule has 7 saturated carbocycles. The second kappa shape index (κ2) is 20.0. The largest absolute Gasteiger partial charge is 0.425 e. The maximum atomic E-state index is 6.50. The summed E-state index contributed by atoms with van der Waals surface area (Å²) in [5.74, 6) is 11.3. The molecule has 0 aromatic carbocycles. The normalized spacial score (nSPS) is 35.3. The maximum Gasteiger partial charge on any atom is 0.219 e. The number of allylic oxidation sites excluding steroid dienone is 1. The molecule has 0 saturated heterocycles. The first kappa shape index (κ1) is 41.6. The van der Waals surface area contributed by atoms with Gasteiger partial charge in [0.15, 0.2) is 0 Å². The van der Waals surface area contributed by atoms with E-state index in [4.69, 9.17) is 13.9 Å². The molecule has 2 aromatic rings. The van der Waals surface area contributed by atoms with Crippen molar-refractivity contribution in [3.8, 4) is 0 Å². The van der Waals surface area contributed by atoms with Gasteiger partial charge in [-0.25, -0.2) is 0 Å². The van der Waals surface area contributed by atoms with E-state index in [1.807, 2.05) is 0 Å². The van der Waals surface area contributed by atoms with Crippen LogP contribution >= 0.6 is 0 Å². The van der Waals surface area contributed by atoms with E-state index >= 15 is 0 Å². The van der Waals surface area contributed by atoms with Gasteiger partial charge in [0.1, 0.15) is 0 Å². The van der Waals surface area contributed by atoms with Crippen molar-refractivity contribution in [2.75, 3.05) is 0 Å². The quantitative estimate of drug-likeness (QED) is 0.199. The van der Waals surface area contributed by atoms with Gasteiger partial charge in [-0.3, -0.25) is 0 Å². The third-order valence-corrected chi connectivity index (χ3v) is 23.2. The zero-order valence-corrected chi connectivity index (χ0v) is 37.9. The molecular weight excluding hydrogens is 729 g/mol. The molecular formula is C51H82N4O2Si. The van der Waals surface area contributed by atoms with Crippen LogP contribution in [0.15, 0.2) is 20.6 Å². The van der Waals surface area contributed by atoms with E-state index in [1.165, 1.54) is 212 Å². The summed E-state index contributed by atoms with van der Waals surface area (Å²) in [7, 11) is -1.51. The van der Waals surface area contributed by atoms with Crippen molar-refractivity contribution in [3.05, 3.63) is 35.3 Å². The van der Waals surface area contributed by atoms with Crippen molar-refractivity contribution < 1.29 is 8.83 Å². The first-order valence-electron chi connectivity index (χ1n) is 25.9. The Kier molecular flexibility index (Phi) is 14.3. The van der Waals surface area contributed by atoms with Crippen LogP contribution in [0.3, 0.4) is 0 Å². The third kappa shape index (κ3) is 10.3. The number of aromatic nitrogens is 4. The van der Waals surface area contributed by atoms with E-state index in [-0.39, 0.29) is 0 Å². The molecule has 9 rings (SSSR count). The molecule has 0 bridgehead atoms. The summed E-state index contributed by atoms with van der Waals surface area (Å²) in [6, 6.07) is 1.49. The Bertz CT molecular complexity index is 1540. The molecule has 2 aromatic heterocycles. The number of hydrogen-bond donors (Lipinski definition) is 0. The Morgan fingerprint density at radius 1 is 0.431 bits per heavy atom. The summed E-state index contributed by atoms with van der Waals surface area (Å²) in [4.78, 5) is 0. The van der Waals surface area contributed by atoms with E-state index in [0.717, 1.165) is 64.6 Å². The van der Waals surface area contributed by atoms with Crippen LogP contribution < -0.4 is 0 Å². The van der Waals surface area contributed by atoms with Crippen molar-refractivity contribution in [2.24, 2.45) is 35.5 Å². The zero-order chi connectivity index (χ0) is 39.2. The van der Waals surface area contributed by atoms with E-state index in [9.17, 15) is 0 Å². The first-order valence-corrected chi connectivity index (χ1v) is 28.8.